The van der Waals surface area contributed by atoms with Crippen LogP contribution in [0.3, 0.4) is 0 Å². The summed E-state index contributed by atoms with van der Waals surface area (Å²) in [5, 5.41) is 3.12. The van der Waals surface area contributed by atoms with Crippen molar-refractivity contribution in [3.63, 3.8) is 0 Å². The number of carbonyl (C=O) groups is 2. The zero-order chi connectivity index (χ0) is 21.4. The molecule has 0 radical (unpaired) electrons. The Hall–Kier alpha value is -2.46. The largest absolute Gasteiger partial charge is 0.444 e. The van der Waals surface area contributed by atoms with Crippen molar-refractivity contribution in [2.45, 2.75) is 50.9 Å². The lowest BCUT2D eigenvalue weighted by molar-refractivity contribution is 0.0241. The van der Waals surface area contributed by atoms with Gasteiger partial charge in [0.05, 0.1) is 23.7 Å². The molecule has 3 rings (SSSR count). The Morgan fingerprint density at radius 3 is 2.41 bits per heavy atom. The molecule has 0 saturated carbocycles. The third-order valence-electron chi connectivity index (χ3n) is 4.10. The number of hydrogen-bond acceptors (Lipinski definition) is 7. The molecule has 1 aliphatic heterocycles. The quantitative estimate of drug-likeness (QED) is 0.788. The molecular formula is C19H23N3O5S2. The van der Waals surface area contributed by atoms with Crippen LogP contribution in [0.2, 0.25) is 0 Å². The van der Waals surface area contributed by atoms with E-state index in [0.717, 1.165) is 16.7 Å². The third-order valence-corrected chi connectivity index (χ3v) is 6.31. The van der Waals surface area contributed by atoms with Gasteiger partial charge in [-0.2, -0.15) is 0 Å². The number of nitrogens with one attached hydrogen (secondary N) is 1. The minimum atomic E-state index is -3.25. The van der Waals surface area contributed by atoms with E-state index in [1.807, 2.05) is 20.8 Å². The molecule has 2 heterocycles. The number of aromatic nitrogens is 1. The number of thiazole rings is 1. The van der Waals surface area contributed by atoms with Crippen molar-refractivity contribution >= 4 is 33.2 Å². The van der Waals surface area contributed by atoms with Gasteiger partial charge in [0.15, 0.2) is 14.8 Å². The maximum Gasteiger partial charge on any atom is 0.410 e. The minimum Gasteiger partial charge on any atom is -0.444 e. The van der Waals surface area contributed by atoms with Crippen molar-refractivity contribution in [1.29, 1.82) is 0 Å². The molecule has 2 amide bonds. The standard InChI is InChI=1S/C19H23N3O5S2/c1-19(2,3)27-18(24)22-10-14-15(11-22)28-17(21-14)16(23)20-9-12-5-7-13(8-6-12)29(4,25)26/h5-8H,9-11H2,1-4H3,(H,20,23). The minimum absolute atomic E-state index is 0.235. The summed E-state index contributed by atoms with van der Waals surface area (Å²) in [6.07, 6.45) is 0.751. The molecule has 0 saturated heterocycles. The molecule has 1 aromatic heterocycles. The van der Waals surface area contributed by atoms with Crippen LogP contribution < -0.4 is 5.32 Å². The van der Waals surface area contributed by atoms with Crippen LogP contribution in [0, 0.1) is 0 Å². The summed E-state index contributed by atoms with van der Waals surface area (Å²) in [5.41, 5.74) is 0.930. The van der Waals surface area contributed by atoms with Gasteiger partial charge in [-0.15, -0.1) is 11.3 Å². The molecule has 0 spiro atoms. The Labute approximate surface area is 173 Å². The van der Waals surface area contributed by atoms with E-state index < -0.39 is 21.5 Å². The zero-order valence-electron chi connectivity index (χ0n) is 16.7. The molecule has 156 valence electrons. The Balaban J connectivity index is 1.57. The molecule has 29 heavy (non-hydrogen) atoms. The predicted octanol–water partition coefficient (Wildman–Crippen LogP) is 2.73. The number of nitrogens with zero attached hydrogens (tertiary/aromatic N) is 2. The molecule has 1 N–H and O–H groups in total. The van der Waals surface area contributed by atoms with Gasteiger partial charge in [0.25, 0.3) is 5.91 Å². The fourth-order valence-electron chi connectivity index (χ4n) is 2.71. The normalized spacial score (nSPS) is 13.9. The molecular weight excluding hydrogens is 414 g/mol. The third kappa shape index (κ3) is 5.33. The van der Waals surface area contributed by atoms with Gasteiger partial charge in [0.2, 0.25) is 0 Å². The first-order chi connectivity index (χ1) is 13.4. The van der Waals surface area contributed by atoms with Gasteiger partial charge in [-0.3, -0.25) is 9.69 Å². The van der Waals surface area contributed by atoms with E-state index >= 15 is 0 Å². The molecule has 0 aliphatic carbocycles. The van der Waals surface area contributed by atoms with Crippen LogP contribution in [0.15, 0.2) is 29.2 Å². The van der Waals surface area contributed by atoms with Gasteiger partial charge in [0, 0.05) is 17.7 Å². The maximum atomic E-state index is 12.4. The van der Waals surface area contributed by atoms with E-state index in [2.05, 4.69) is 10.3 Å². The van der Waals surface area contributed by atoms with E-state index in [-0.39, 0.29) is 17.3 Å². The Bertz CT molecular complexity index is 1010. The fourth-order valence-corrected chi connectivity index (χ4v) is 4.34. The first kappa shape index (κ1) is 21.3. The number of benzene rings is 1. The maximum absolute atomic E-state index is 12.4. The van der Waals surface area contributed by atoms with Crippen molar-refractivity contribution in [3.8, 4) is 0 Å². The predicted molar refractivity (Wildman–Crippen MR) is 108 cm³/mol. The summed E-state index contributed by atoms with van der Waals surface area (Å²) in [7, 11) is -3.25. The van der Waals surface area contributed by atoms with E-state index in [9.17, 15) is 18.0 Å². The van der Waals surface area contributed by atoms with Crippen molar-refractivity contribution in [1.82, 2.24) is 15.2 Å². The Morgan fingerprint density at radius 2 is 1.86 bits per heavy atom. The number of rotatable bonds is 4. The Morgan fingerprint density at radius 1 is 1.21 bits per heavy atom. The lowest BCUT2D eigenvalue weighted by atomic mass is 10.2. The molecule has 0 fully saturated rings. The second-order valence-corrected chi connectivity index (χ2v) is 10.9. The van der Waals surface area contributed by atoms with Crippen LogP contribution in [0.5, 0.6) is 0 Å². The zero-order valence-corrected chi connectivity index (χ0v) is 18.3. The molecule has 10 heteroatoms. The number of amides is 2. The van der Waals surface area contributed by atoms with Crippen molar-refractivity contribution in [2.75, 3.05) is 6.26 Å². The summed E-state index contributed by atoms with van der Waals surface area (Å²) in [5.74, 6) is -0.305. The van der Waals surface area contributed by atoms with Gasteiger partial charge in [0.1, 0.15) is 5.60 Å². The number of carbonyl (C=O) groups excluding carboxylic acids is 2. The highest BCUT2D eigenvalue weighted by Crippen LogP contribution is 2.29. The molecule has 8 nitrogen and oxygen atoms in total. The lowest BCUT2D eigenvalue weighted by Gasteiger charge is -2.24. The number of ether oxygens (including phenoxy) is 1. The van der Waals surface area contributed by atoms with Gasteiger partial charge in [-0.05, 0) is 38.5 Å². The van der Waals surface area contributed by atoms with Gasteiger partial charge < -0.3 is 10.1 Å². The molecule has 1 aliphatic rings. The fraction of sp³-hybridized carbons (Fsp3) is 0.421. The van der Waals surface area contributed by atoms with Crippen LogP contribution in [-0.4, -0.2) is 42.2 Å². The van der Waals surface area contributed by atoms with E-state index in [4.69, 9.17) is 4.74 Å². The summed E-state index contributed by atoms with van der Waals surface area (Å²) in [6, 6.07) is 6.36. The van der Waals surface area contributed by atoms with Gasteiger partial charge >= 0.3 is 6.09 Å². The molecule has 2 aromatic rings. The van der Waals surface area contributed by atoms with Crippen LogP contribution in [-0.2, 0) is 34.2 Å². The summed E-state index contributed by atoms with van der Waals surface area (Å²) >= 11 is 1.26. The SMILES string of the molecule is CC(C)(C)OC(=O)N1Cc2nc(C(=O)NCc3ccc(S(C)(=O)=O)cc3)sc2C1. The first-order valence-corrected chi connectivity index (χ1v) is 11.7. The summed E-state index contributed by atoms with van der Waals surface area (Å²) < 4.78 is 28.3. The second-order valence-electron chi connectivity index (χ2n) is 7.82. The second kappa shape index (κ2) is 7.75. The monoisotopic (exact) mass is 437 g/mol. The summed E-state index contributed by atoms with van der Waals surface area (Å²) in [6.45, 7) is 6.39. The van der Waals surface area contributed by atoms with Crippen molar-refractivity contribution in [3.05, 3.63) is 45.4 Å². The van der Waals surface area contributed by atoms with Crippen LogP contribution in [0.4, 0.5) is 4.79 Å². The van der Waals surface area contributed by atoms with Crippen LogP contribution in [0.25, 0.3) is 0 Å². The van der Waals surface area contributed by atoms with Crippen LogP contribution >= 0.6 is 11.3 Å². The smallest absolute Gasteiger partial charge is 0.410 e. The molecule has 0 bridgehead atoms. The summed E-state index contributed by atoms with van der Waals surface area (Å²) in [4.78, 5) is 31.6. The average Bonchev–Trinajstić information content (AvgIpc) is 3.17. The average molecular weight is 438 g/mol. The van der Waals surface area contributed by atoms with Crippen molar-refractivity contribution in [2.24, 2.45) is 0 Å². The molecule has 0 unspecified atom stereocenters. The highest BCUT2D eigenvalue weighted by atomic mass is 32.2. The number of hydrogen-bond donors (Lipinski definition) is 1. The lowest BCUT2D eigenvalue weighted by Crippen LogP contribution is -2.33. The van der Waals surface area contributed by atoms with Crippen molar-refractivity contribution < 1.29 is 22.7 Å². The van der Waals surface area contributed by atoms with Crippen LogP contribution in [0.1, 0.15) is 46.7 Å². The van der Waals surface area contributed by atoms with E-state index in [0.29, 0.717) is 23.8 Å². The Kier molecular flexibility index (Phi) is 5.68. The highest BCUT2D eigenvalue weighted by molar-refractivity contribution is 7.90. The highest BCUT2D eigenvalue weighted by Gasteiger charge is 2.31. The first-order valence-electron chi connectivity index (χ1n) is 8.96. The van der Waals surface area contributed by atoms with Gasteiger partial charge in [-0.25, -0.2) is 18.2 Å². The van der Waals surface area contributed by atoms with E-state index in [1.54, 1.807) is 17.0 Å². The number of sulfone groups is 1. The number of fused-ring (bicyclic) bond motifs is 1. The van der Waals surface area contributed by atoms with E-state index in [1.165, 1.54) is 23.5 Å². The molecule has 1 aromatic carbocycles. The van der Waals surface area contributed by atoms with Gasteiger partial charge in [-0.1, -0.05) is 12.1 Å². The topological polar surface area (TPSA) is 106 Å². The molecule has 0 atom stereocenters.